The third-order valence-electron chi connectivity index (χ3n) is 2.10. The number of hydrogen-bond acceptors (Lipinski definition) is 3. The molecule has 1 heterocycles. The van der Waals surface area contributed by atoms with E-state index < -0.39 is 0 Å². The Morgan fingerprint density at radius 3 is 2.94 bits per heavy atom. The van der Waals surface area contributed by atoms with Gasteiger partial charge in [0.05, 0.1) is 24.8 Å². The molecule has 0 saturated heterocycles. The predicted octanol–water partition coefficient (Wildman–Crippen LogP) is 3.85. The number of nitrogens with zero attached hydrogens (tertiary/aromatic N) is 1. The number of benzene rings is 1. The number of aromatic nitrogens is 1. The van der Waals surface area contributed by atoms with Gasteiger partial charge in [-0.2, -0.15) is 0 Å². The predicted molar refractivity (Wildman–Crippen MR) is 65.7 cm³/mol. The minimum absolute atomic E-state index is 0.263. The summed E-state index contributed by atoms with van der Waals surface area (Å²) >= 11 is 9.01. The maximum Gasteiger partial charge on any atom is 0.209 e. The number of oxazole rings is 1. The minimum Gasteiger partial charge on any atom is -0.496 e. The molecule has 0 amide bonds. The van der Waals surface area contributed by atoms with E-state index >= 15 is 0 Å². The first kappa shape index (κ1) is 11.5. The van der Waals surface area contributed by atoms with E-state index in [1.54, 1.807) is 13.3 Å². The minimum atomic E-state index is 0.263. The van der Waals surface area contributed by atoms with Gasteiger partial charge in [-0.1, -0.05) is 15.9 Å². The number of halogens is 2. The van der Waals surface area contributed by atoms with Crippen molar-refractivity contribution >= 4 is 27.5 Å². The first-order valence-corrected chi connectivity index (χ1v) is 5.92. The van der Waals surface area contributed by atoms with Crippen molar-refractivity contribution in [1.82, 2.24) is 4.98 Å². The first-order chi connectivity index (χ1) is 7.74. The summed E-state index contributed by atoms with van der Waals surface area (Å²) in [7, 11) is 1.62. The van der Waals surface area contributed by atoms with Crippen LogP contribution in [0.5, 0.6) is 5.75 Å². The van der Waals surface area contributed by atoms with Crippen molar-refractivity contribution in [2.45, 2.75) is 5.88 Å². The monoisotopic (exact) mass is 301 g/mol. The smallest absolute Gasteiger partial charge is 0.209 e. The van der Waals surface area contributed by atoms with Gasteiger partial charge in [-0.05, 0) is 18.2 Å². The maximum absolute atomic E-state index is 5.63. The van der Waals surface area contributed by atoms with Gasteiger partial charge in [0.1, 0.15) is 5.75 Å². The Bertz CT molecular complexity index is 498. The van der Waals surface area contributed by atoms with E-state index in [9.17, 15) is 0 Å². The molecule has 0 aliphatic rings. The SMILES string of the molecule is COc1cc(Br)ccc1-c1cnc(CCl)o1. The quantitative estimate of drug-likeness (QED) is 0.808. The van der Waals surface area contributed by atoms with Crippen LogP contribution in [0.15, 0.2) is 33.3 Å². The Morgan fingerprint density at radius 1 is 1.50 bits per heavy atom. The average Bonchev–Trinajstić information content (AvgIpc) is 2.77. The van der Waals surface area contributed by atoms with E-state index in [2.05, 4.69) is 20.9 Å². The highest BCUT2D eigenvalue weighted by Crippen LogP contribution is 2.32. The summed E-state index contributed by atoms with van der Waals surface area (Å²) in [6.07, 6.45) is 1.64. The Labute approximate surface area is 107 Å². The molecular formula is C11H9BrClNO2. The molecule has 1 aromatic heterocycles. The van der Waals surface area contributed by atoms with Gasteiger partial charge in [-0.25, -0.2) is 4.98 Å². The zero-order valence-electron chi connectivity index (χ0n) is 8.54. The van der Waals surface area contributed by atoms with Gasteiger partial charge in [-0.15, -0.1) is 11.6 Å². The highest BCUT2D eigenvalue weighted by Gasteiger charge is 2.11. The first-order valence-electron chi connectivity index (χ1n) is 4.59. The summed E-state index contributed by atoms with van der Waals surface area (Å²) in [6.45, 7) is 0. The Hall–Kier alpha value is -1.00. The van der Waals surface area contributed by atoms with Crippen LogP contribution in [0.1, 0.15) is 5.89 Å². The van der Waals surface area contributed by atoms with Gasteiger partial charge in [0, 0.05) is 4.47 Å². The van der Waals surface area contributed by atoms with Crippen molar-refractivity contribution < 1.29 is 9.15 Å². The normalized spacial score (nSPS) is 10.4. The van der Waals surface area contributed by atoms with E-state index in [0.29, 0.717) is 11.7 Å². The second kappa shape index (κ2) is 4.89. The lowest BCUT2D eigenvalue weighted by molar-refractivity contribution is 0.414. The molecule has 16 heavy (non-hydrogen) atoms. The summed E-state index contributed by atoms with van der Waals surface area (Å²) < 4.78 is 11.7. The molecule has 5 heteroatoms. The zero-order valence-corrected chi connectivity index (χ0v) is 10.9. The molecule has 0 unspecified atom stereocenters. The van der Waals surface area contributed by atoms with Crippen LogP contribution in [0, 0.1) is 0 Å². The lowest BCUT2D eigenvalue weighted by Gasteiger charge is -2.05. The van der Waals surface area contributed by atoms with Crippen molar-refractivity contribution in [1.29, 1.82) is 0 Å². The molecular weight excluding hydrogens is 293 g/mol. The van der Waals surface area contributed by atoms with Crippen LogP contribution in [0.25, 0.3) is 11.3 Å². The van der Waals surface area contributed by atoms with Gasteiger partial charge in [0.15, 0.2) is 5.76 Å². The van der Waals surface area contributed by atoms with E-state index in [1.807, 2.05) is 18.2 Å². The Balaban J connectivity index is 2.46. The fourth-order valence-corrected chi connectivity index (χ4v) is 1.83. The second-order valence-corrected chi connectivity index (χ2v) is 4.28. The summed E-state index contributed by atoms with van der Waals surface area (Å²) in [5.74, 6) is 2.15. The van der Waals surface area contributed by atoms with Gasteiger partial charge in [0.25, 0.3) is 0 Å². The number of methoxy groups -OCH3 is 1. The molecule has 84 valence electrons. The molecule has 0 radical (unpaired) electrons. The van der Waals surface area contributed by atoms with Crippen molar-refractivity contribution in [2.75, 3.05) is 7.11 Å². The fraction of sp³-hybridized carbons (Fsp3) is 0.182. The summed E-state index contributed by atoms with van der Waals surface area (Å²) in [5, 5.41) is 0. The molecule has 0 saturated carbocycles. The summed E-state index contributed by atoms with van der Waals surface area (Å²) in [4.78, 5) is 4.04. The third kappa shape index (κ3) is 2.23. The second-order valence-electron chi connectivity index (χ2n) is 3.10. The summed E-state index contributed by atoms with van der Waals surface area (Å²) in [5.41, 5.74) is 0.856. The molecule has 0 spiro atoms. The third-order valence-corrected chi connectivity index (χ3v) is 2.82. The van der Waals surface area contributed by atoms with Gasteiger partial charge >= 0.3 is 0 Å². The van der Waals surface area contributed by atoms with Crippen molar-refractivity contribution in [2.24, 2.45) is 0 Å². The van der Waals surface area contributed by atoms with Gasteiger partial charge in [-0.3, -0.25) is 0 Å². The molecule has 0 aliphatic carbocycles. The van der Waals surface area contributed by atoms with Crippen LogP contribution >= 0.6 is 27.5 Å². The number of alkyl halides is 1. The van der Waals surface area contributed by atoms with E-state index in [4.69, 9.17) is 20.8 Å². The van der Waals surface area contributed by atoms with Crippen LogP contribution in [-0.4, -0.2) is 12.1 Å². The largest absolute Gasteiger partial charge is 0.496 e. The van der Waals surface area contributed by atoms with Gasteiger partial charge < -0.3 is 9.15 Å². The molecule has 0 bridgehead atoms. The van der Waals surface area contributed by atoms with Crippen molar-refractivity contribution in [3.63, 3.8) is 0 Å². The Kier molecular flexibility index (Phi) is 3.51. The number of hydrogen-bond donors (Lipinski definition) is 0. The van der Waals surface area contributed by atoms with Crippen LogP contribution in [-0.2, 0) is 5.88 Å². The van der Waals surface area contributed by atoms with E-state index in [1.165, 1.54) is 0 Å². The lowest BCUT2D eigenvalue weighted by atomic mass is 10.1. The molecule has 1 aromatic carbocycles. The molecule has 0 atom stereocenters. The molecule has 0 fully saturated rings. The van der Waals surface area contributed by atoms with E-state index in [0.717, 1.165) is 15.8 Å². The van der Waals surface area contributed by atoms with Crippen LogP contribution in [0.4, 0.5) is 0 Å². The lowest BCUT2D eigenvalue weighted by Crippen LogP contribution is -1.86. The highest BCUT2D eigenvalue weighted by atomic mass is 79.9. The van der Waals surface area contributed by atoms with Crippen molar-refractivity contribution in [3.05, 3.63) is 34.8 Å². The summed E-state index contributed by atoms with van der Waals surface area (Å²) in [6, 6.07) is 5.69. The average molecular weight is 303 g/mol. The maximum atomic E-state index is 5.63. The fourth-order valence-electron chi connectivity index (χ4n) is 1.37. The standard InChI is InChI=1S/C11H9BrClNO2/c1-15-9-4-7(12)2-3-8(9)10-6-14-11(5-13)16-10/h2-4,6H,5H2,1H3. The molecule has 0 aliphatic heterocycles. The van der Waals surface area contributed by atoms with Crippen LogP contribution in [0.2, 0.25) is 0 Å². The number of rotatable bonds is 3. The Morgan fingerprint density at radius 2 is 2.31 bits per heavy atom. The molecule has 2 rings (SSSR count). The van der Waals surface area contributed by atoms with Crippen molar-refractivity contribution in [3.8, 4) is 17.1 Å². The molecule has 2 aromatic rings. The topological polar surface area (TPSA) is 35.3 Å². The highest BCUT2D eigenvalue weighted by molar-refractivity contribution is 9.10. The molecule has 0 N–H and O–H groups in total. The number of ether oxygens (including phenoxy) is 1. The zero-order chi connectivity index (χ0) is 11.5. The van der Waals surface area contributed by atoms with Crippen LogP contribution in [0.3, 0.4) is 0 Å². The van der Waals surface area contributed by atoms with E-state index in [-0.39, 0.29) is 5.88 Å². The van der Waals surface area contributed by atoms with Crippen LogP contribution < -0.4 is 4.74 Å². The van der Waals surface area contributed by atoms with Gasteiger partial charge in [0.2, 0.25) is 5.89 Å². The molecule has 3 nitrogen and oxygen atoms in total.